The first-order chi connectivity index (χ1) is 7.24. The Balaban J connectivity index is 4.40. The van der Waals surface area contributed by atoms with Crippen molar-refractivity contribution in [2.24, 2.45) is 0 Å². The fraction of sp³-hybridized carbons (Fsp3) is 0.769. The lowest BCUT2D eigenvalue weighted by Gasteiger charge is -2.37. The minimum atomic E-state index is -1.83. The molecule has 0 aliphatic rings. The third-order valence-electron chi connectivity index (χ3n) is 3.13. The van der Waals surface area contributed by atoms with Crippen LogP contribution >= 0.6 is 0 Å². The number of carbonyl (C=O) groups excluding carboxylic acids is 1. The summed E-state index contributed by atoms with van der Waals surface area (Å²) >= 11 is 0. The summed E-state index contributed by atoms with van der Waals surface area (Å²) in [5.74, 6) is 5.79. The van der Waals surface area contributed by atoms with Crippen LogP contribution < -0.4 is 0 Å². The molecule has 16 heavy (non-hydrogen) atoms. The summed E-state index contributed by atoms with van der Waals surface area (Å²) in [6, 6.07) is 0. The Hall–Kier alpha value is -0.593. The third-order valence-corrected chi connectivity index (χ3v) is 7.64. The molecule has 0 fully saturated rings. The Bertz CT molecular complexity index is 279. The molecule has 0 aromatic rings. The highest BCUT2D eigenvalue weighted by Gasteiger charge is 2.38. The van der Waals surface area contributed by atoms with Gasteiger partial charge in [-0.25, -0.2) is 0 Å². The number of carbonyl (C=O) groups is 1. The van der Waals surface area contributed by atoms with E-state index in [4.69, 9.17) is 4.43 Å². The standard InChI is InChI=1S/C13H24O2Si/c1-7-8-9-10-12(11-14)15-16(5,6)13(2,3)4/h11-12H,9-10H2,1-6H3/t12-/m0/s1. The molecule has 3 heteroatoms. The monoisotopic (exact) mass is 240 g/mol. The molecule has 0 spiro atoms. The molecule has 0 amide bonds. The van der Waals surface area contributed by atoms with Gasteiger partial charge in [0.15, 0.2) is 8.32 Å². The second-order valence-corrected chi connectivity index (χ2v) is 10.3. The summed E-state index contributed by atoms with van der Waals surface area (Å²) in [4.78, 5) is 11.0. The van der Waals surface area contributed by atoms with Crippen molar-refractivity contribution in [3.63, 3.8) is 0 Å². The van der Waals surface area contributed by atoms with Crippen molar-refractivity contribution in [2.75, 3.05) is 0 Å². The molecule has 0 saturated carbocycles. The van der Waals surface area contributed by atoms with Gasteiger partial charge in [-0.05, 0) is 31.5 Å². The highest BCUT2D eigenvalue weighted by molar-refractivity contribution is 6.74. The molecule has 0 aliphatic carbocycles. The summed E-state index contributed by atoms with van der Waals surface area (Å²) in [7, 11) is -1.83. The van der Waals surface area contributed by atoms with Gasteiger partial charge < -0.3 is 9.22 Å². The molecular weight excluding hydrogens is 216 g/mol. The van der Waals surface area contributed by atoms with Gasteiger partial charge in [0.05, 0.1) is 0 Å². The highest BCUT2D eigenvalue weighted by Crippen LogP contribution is 2.37. The van der Waals surface area contributed by atoms with Crippen LogP contribution in [0.3, 0.4) is 0 Å². The van der Waals surface area contributed by atoms with Crippen molar-refractivity contribution in [1.29, 1.82) is 0 Å². The largest absolute Gasteiger partial charge is 0.407 e. The zero-order valence-electron chi connectivity index (χ0n) is 11.4. The van der Waals surface area contributed by atoms with E-state index in [-0.39, 0.29) is 11.1 Å². The first kappa shape index (κ1) is 15.4. The maximum atomic E-state index is 11.0. The van der Waals surface area contributed by atoms with E-state index in [9.17, 15) is 4.79 Å². The molecule has 0 N–H and O–H groups in total. The van der Waals surface area contributed by atoms with Crippen molar-refractivity contribution < 1.29 is 9.22 Å². The van der Waals surface area contributed by atoms with Crippen LogP contribution in [0.15, 0.2) is 0 Å². The topological polar surface area (TPSA) is 26.3 Å². The first-order valence-corrected chi connectivity index (χ1v) is 8.68. The van der Waals surface area contributed by atoms with Gasteiger partial charge in [0.1, 0.15) is 12.4 Å². The van der Waals surface area contributed by atoms with E-state index in [0.717, 1.165) is 12.7 Å². The van der Waals surface area contributed by atoms with E-state index in [2.05, 4.69) is 45.7 Å². The molecule has 92 valence electrons. The zero-order chi connectivity index (χ0) is 12.8. The molecule has 0 aromatic carbocycles. The fourth-order valence-electron chi connectivity index (χ4n) is 1.05. The van der Waals surface area contributed by atoms with Crippen LogP contribution in [0, 0.1) is 11.8 Å². The Morgan fingerprint density at radius 1 is 1.38 bits per heavy atom. The summed E-state index contributed by atoms with van der Waals surface area (Å²) in [5, 5.41) is 0.144. The first-order valence-electron chi connectivity index (χ1n) is 5.77. The van der Waals surface area contributed by atoms with E-state index >= 15 is 0 Å². The van der Waals surface area contributed by atoms with Gasteiger partial charge in [0.2, 0.25) is 0 Å². The average molecular weight is 240 g/mol. The van der Waals surface area contributed by atoms with E-state index in [0.29, 0.717) is 6.42 Å². The van der Waals surface area contributed by atoms with Crippen molar-refractivity contribution in [1.82, 2.24) is 0 Å². The van der Waals surface area contributed by atoms with Gasteiger partial charge >= 0.3 is 0 Å². The smallest absolute Gasteiger partial charge is 0.193 e. The zero-order valence-corrected chi connectivity index (χ0v) is 12.4. The van der Waals surface area contributed by atoms with Crippen LogP contribution in [0.25, 0.3) is 0 Å². The van der Waals surface area contributed by atoms with Crippen LogP contribution in [-0.2, 0) is 9.22 Å². The number of aldehydes is 1. The number of hydrogen-bond acceptors (Lipinski definition) is 2. The molecule has 0 aliphatic heterocycles. The average Bonchev–Trinajstić information content (AvgIpc) is 2.14. The van der Waals surface area contributed by atoms with E-state index in [1.165, 1.54) is 0 Å². The summed E-state index contributed by atoms with van der Waals surface area (Å²) < 4.78 is 6.00. The Kier molecular flexibility index (Phi) is 5.99. The number of rotatable bonds is 5. The van der Waals surface area contributed by atoms with E-state index < -0.39 is 8.32 Å². The van der Waals surface area contributed by atoms with Crippen LogP contribution in [0.2, 0.25) is 18.1 Å². The summed E-state index contributed by atoms with van der Waals surface area (Å²) in [5.41, 5.74) is 0. The molecule has 0 bridgehead atoms. The van der Waals surface area contributed by atoms with Gasteiger partial charge in [-0.2, -0.15) is 0 Å². The minimum Gasteiger partial charge on any atom is -0.407 e. The van der Waals surface area contributed by atoms with Gasteiger partial charge in [0.25, 0.3) is 0 Å². The minimum absolute atomic E-state index is 0.144. The second-order valence-electron chi connectivity index (χ2n) is 5.52. The van der Waals surface area contributed by atoms with Crippen molar-refractivity contribution in [3.05, 3.63) is 0 Å². The van der Waals surface area contributed by atoms with Gasteiger partial charge in [-0.3, -0.25) is 0 Å². The molecule has 1 atom stereocenters. The van der Waals surface area contributed by atoms with Crippen LogP contribution in [0.4, 0.5) is 0 Å². The predicted octanol–water partition coefficient (Wildman–Crippen LogP) is 3.38. The van der Waals surface area contributed by atoms with Crippen LogP contribution in [0.5, 0.6) is 0 Å². The Morgan fingerprint density at radius 2 is 1.94 bits per heavy atom. The Labute approximate surface area is 101 Å². The predicted molar refractivity (Wildman–Crippen MR) is 70.8 cm³/mol. The molecule has 0 rings (SSSR count). The van der Waals surface area contributed by atoms with Gasteiger partial charge in [0, 0.05) is 6.42 Å². The normalized spacial score (nSPS) is 13.9. The van der Waals surface area contributed by atoms with Crippen molar-refractivity contribution >= 4 is 14.6 Å². The van der Waals surface area contributed by atoms with Crippen LogP contribution in [0.1, 0.15) is 40.5 Å². The molecule has 2 nitrogen and oxygen atoms in total. The lowest BCUT2D eigenvalue weighted by atomic mass is 10.2. The van der Waals surface area contributed by atoms with Crippen molar-refractivity contribution in [3.8, 4) is 11.8 Å². The molecular formula is C13H24O2Si. The van der Waals surface area contributed by atoms with Crippen LogP contribution in [-0.4, -0.2) is 20.7 Å². The highest BCUT2D eigenvalue weighted by atomic mass is 28.4. The summed E-state index contributed by atoms with van der Waals surface area (Å²) in [6.45, 7) is 12.7. The van der Waals surface area contributed by atoms with Crippen molar-refractivity contribution in [2.45, 2.75) is 64.8 Å². The fourth-order valence-corrected chi connectivity index (χ4v) is 2.33. The SMILES string of the molecule is CC#CCC[C@@H](C=O)O[Si](C)(C)C(C)(C)C. The molecule has 0 radical (unpaired) electrons. The molecule has 0 unspecified atom stereocenters. The summed E-state index contributed by atoms with van der Waals surface area (Å²) in [6.07, 6.45) is 2.06. The Morgan fingerprint density at radius 3 is 2.31 bits per heavy atom. The molecule has 0 saturated heterocycles. The lowest BCUT2D eigenvalue weighted by Crippen LogP contribution is -2.44. The second kappa shape index (κ2) is 6.22. The maximum Gasteiger partial charge on any atom is 0.193 e. The molecule has 0 heterocycles. The van der Waals surface area contributed by atoms with E-state index in [1.54, 1.807) is 0 Å². The maximum absolute atomic E-state index is 11.0. The number of hydrogen-bond donors (Lipinski definition) is 0. The third kappa shape index (κ3) is 4.96. The van der Waals surface area contributed by atoms with Gasteiger partial charge in [-0.1, -0.05) is 20.8 Å². The lowest BCUT2D eigenvalue weighted by molar-refractivity contribution is -0.114. The van der Waals surface area contributed by atoms with E-state index in [1.807, 2.05) is 6.92 Å². The quantitative estimate of drug-likeness (QED) is 0.418. The molecule has 0 aromatic heterocycles. The van der Waals surface area contributed by atoms with Gasteiger partial charge in [-0.15, -0.1) is 11.8 Å².